The van der Waals surface area contributed by atoms with E-state index in [1.54, 1.807) is 31.1 Å². The van der Waals surface area contributed by atoms with Gasteiger partial charge in [-0.3, -0.25) is 9.59 Å². The van der Waals surface area contributed by atoms with Crippen LogP contribution in [0.15, 0.2) is 30.3 Å². The van der Waals surface area contributed by atoms with Crippen LogP contribution in [0.2, 0.25) is 0 Å². The fourth-order valence-corrected chi connectivity index (χ4v) is 2.60. The molecule has 0 N–H and O–H groups in total. The van der Waals surface area contributed by atoms with E-state index in [1.165, 1.54) is 0 Å². The van der Waals surface area contributed by atoms with Gasteiger partial charge in [0.15, 0.2) is 0 Å². The van der Waals surface area contributed by atoms with Crippen molar-refractivity contribution < 1.29 is 19.1 Å². The minimum atomic E-state index is -0.386. The van der Waals surface area contributed by atoms with Crippen LogP contribution in [0.25, 0.3) is 10.9 Å². The van der Waals surface area contributed by atoms with Gasteiger partial charge in [0, 0.05) is 11.4 Å². The number of pyridine rings is 1. The van der Waals surface area contributed by atoms with E-state index in [0.29, 0.717) is 17.8 Å². The van der Waals surface area contributed by atoms with Gasteiger partial charge >= 0.3 is 5.97 Å². The second-order valence-electron chi connectivity index (χ2n) is 5.72. The highest BCUT2D eigenvalue weighted by Crippen LogP contribution is 2.28. The number of amides is 1. The first kappa shape index (κ1) is 16.2. The number of rotatable bonds is 6. The van der Waals surface area contributed by atoms with Gasteiger partial charge in [-0.05, 0) is 44.0 Å². The van der Waals surface area contributed by atoms with Gasteiger partial charge in [0.1, 0.15) is 18.0 Å². The lowest BCUT2D eigenvalue weighted by Gasteiger charge is -2.21. The largest absolute Gasteiger partial charge is 0.497 e. The molecular formula is C18H20N2O4. The Balaban J connectivity index is 1.84. The zero-order valence-corrected chi connectivity index (χ0v) is 13.8. The molecule has 6 heteroatoms. The number of carbonyl (C=O) groups is 2. The van der Waals surface area contributed by atoms with Crippen LogP contribution in [0.3, 0.4) is 0 Å². The molecule has 0 saturated heterocycles. The molecule has 1 aliphatic carbocycles. The van der Waals surface area contributed by atoms with E-state index < -0.39 is 0 Å². The van der Waals surface area contributed by atoms with Crippen LogP contribution in [-0.4, -0.2) is 48.1 Å². The predicted molar refractivity (Wildman–Crippen MR) is 89.0 cm³/mol. The molecule has 0 atom stereocenters. The number of nitrogens with zero attached hydrogens (tertiary/aromatic N) is 2. The SMILES string of the molecule is CCOC(=O)CN(C(=O)c1ccc2cc(OC)ccc2n1)C1CC1. The number of esters is 1. The van der Waals surface area contributed by atoms with Crippen molar-refractivity contribution in [1.29, 1.82) is 0 Å². The van der Waals surface area contributed by atoms with Crippen molar-refractivity contribution in [2.45, 2.75) is 25.8 Å². The van der Waals surface area contributed by atoms with E-state index in [-0.39, 0.29) is 24.5 Å². The van der Waals surface area contributed by atoms with Crippen molar-refractivity contribution in [2.75, 3.05) is 20.3 Å². The van der Waals surface area contributed by atoms with E-state index >= 15 is 0 Å². The quantitative estimate of drug-likeness (QED) is 0.762. The molecule has 0 unspecified atom stereocenters. The molecule has 3 rings (SSSR count). The summed E-state index contributed by atoms with van der Waals surface area (Å²) in [4.78, 5) is 30.5. The summed E-state index contributed by atoms with van der Waals surface area (Å²) < 4.78 is 10.2. The van der Waals surface area contributed by atoms with E-state index in [0.717, 1.165) is 24.0 Å². The maximum atomic E-state index is 12.8. The van der Waals surface area contributed by atoms with Gasteiger partial charge in [-0.25, -0.2) is 4.98 Å². The van der Waals surface area contributed by atoms with E-state index in [9.17, 15) is 9.59 Å². The summed E-state index contributed by atoms with van der Waals surface area (Å²) in [5.74, 6) is 0.122. The summed E-state index contributed by atoms with van der Waals surface area (Å²) >= 11 is 0. The first-order chi connectivity index (χ1) is 11.6. The van der Waals surface area contributed by atoms with Crippen LogP contribution >= 0.6 is 0 Å². The highest BCUT2D eigenvalue weighted by molar-refractivity contribution is 5.97. The highest BCUT2D eigenvalue weighted by atomic mass is 16.5. The number of carbonyl (C=O) groups excluding carboxylic acids is 2. The number of aromatic nitrogens is 1. The summed E-state index contributed by atoms with van der Waals surface area (Å²) in [6, 6.07) is 9.13. The Labute approximate surface area is 140 Å². The Bertz CT molecular complexity index is 771. The molecule has 0 radical (unpaired) electrons. The number of hydrogen-bond donors (Lipinski definition) is 0. The fraction of sp³-hybridized carbons (Fsp3) is 0.389. The molecule has 126 valence electrons. The molecule has 6 nitrogen and oxygen atoms in total. The molecule has 1 aromatic carbocycles. The zero-order valence-electron chi connectivity index (χ0n) is 13.8. The van der Waals surface area contributed by atoms with Crippen molar-refractivity contribution in [2.24, 2.45) is 0 Å². The standard InChI is InChI=1S/C18H20N2O4/c1-3-24-17(21)11-20(13-5-6-13)18(22)16-8-4-12-10-14(23-2)7-9-15(12)19-16/h4,7-10,13H,3,5-6,11H2,1-2H3. The lowest BCUT2D eigenvalue weighted by atomic mass is 10.2. The molecule has 2 aromatic rings. The summed E-state index contributed by atoms with van der Waals surface area (Å²) in [6.07, 6.45) is 1.83. The second kappa shape index (κ2) is 6.86. The van der Waals surface area contributed by atoms with Gasteiger partial charge in [-0.15, -0.1) is 0 Å². The predicted octanol–water partition coefficient (Wildman–Crippen LogP) is 2.41. The summed E-state index contributed by atoms with van der Waals surface area (Å²) in [5, 5.41) is 0.897. The van der Waals surface area contributed by atoms with Crippen molar-refractivity contribution >= 4 is 22.8 Å². The van der Waals surface area contributed by atoms with Gasteiger partial charge < -0.3 is 14.4 Å². The Morgan fingerprint density at radius 2 is 2.04 bits per heavy atom. The molecule has 1 aromatic heterocycles. The summed E-state index contributed by atoms with van der Waals surface area (Å²) in [5.41, 5.74) is 1.05. The van der Waals surface area contributed by atoms with Gasteiger partial charge in [-0.1, -0.05) is 6.07 Å². The molecule has 1 amide bonds. The van der Waals surface area contributed by atoms with Crippen LogP contribution in [0.5, 0.6) is 5.75 Å². The molecule has 1 fully saturated rings. The molecule has 0 spiro atoms. The number of fused-ring (bicyclic) bond motifs is 1. The van der Waals surface area contributed by atoms with E-state index in [1.807, 2.05) is 18.2 Å². The number of ether oxygens (including phenoxy) is 2. The molecule has 1 saturated carbocycles. The fourth-order valence-electron chi connectivity index (χ4n) is 2.60. The average Bonchev–Trinajstić information content (AvgIpc) is 3.43. The first-order valence-corrected chi connectivity index (χ1v) is 8.03. The first-order valence-electron chi connectivity index (χ1n) is 8.03. The molecular weight excluding hydrogens is 308 g/mol. The third kappa shape index (κ3) is 3.48. The Morgan fingerprint density at radius 3 is 2.71 bits per heavy atom. The molecule has 24 heavy (non-hydrogen) atoms. The third-order valence-corrected chi connectivity index (χ3v) is 3.97. The van der Waals surface area contributed by atoms with E-state index in [4.69, 9.17) is 9.47 Å². The average molecular weight is 328 g/mol. The van der Waals surface area contributed by atoms with Gasteiger partial charge in [0.25, 0.3) is 5.91 Å². The monoisotopic (exact) mass is 328 g/mol. The Hall–Kier alpha value is -2.63. The van der Waals surface area contributed by atoms with Crippen LogP contribution in [0.1, 0.15) is 30.3 Å². The van der Waals surface area contributed by atoms with Crippen LogP contribution in [0, 0.1) is 0 Å². The molecule has 1 heterocycles. The normalized spacial score (nSPS) is 13.6. The van der Waals surface area contributed by atoms with Crippen LogP contribution in [0.4, 0.5) is 0 Å². The number of methoxy groups -OCH3 is 1. The maximum absolute atomic E-state index is 12.8. The molecule has 0 bridgehead atoms. The lowest BCUT2D eigenvalue weighted by Crippen LogP contribution is -2.38. The Kier molecular flexibility index (Phi) is 4.64. The molecule has 0 aliphatic heterocycles. The van der Waals surface area contributed by atoms with E-state index in [2.05, 4.69) is 4.98 Å². The number of hydrogen-bond acceptors (Lipinski definition) is 5. The zero-order chi connectivity index (χ0) is 17.1. The van der Waals surface area contributed by atoms with Crippen molar-refractivity contribution in [3.63, 3.8) is 0 Å². The summed E-state index contributed by atoms with van der Waals surface area (Å²) in [7, 11) is 1.61. The lowest BCUT2D eigenvalue weighted by molar-refractivity contribution is -0.144. The topological polar surface area (TPSA) is 68.7 Å². The maximum Gasteiger partial charge on any atom is 0.325 e. The minimum Gasteiger partial charge on any atom is -0.497 e. The molecule has 1 aliphatic rings. The van der Waals surface area contributed by atoms with Gasteiger partial charge in [0.05, 0.1) is 19.2 Å². The van der Waals surface area contributed by atoms with Crippen LogP contribution in [-0.2, 0) is 9.53 Å². The van der Waals surface area contributed by atoms with Crippen molar-refractivity contribution in [1.82, 2.24) is 9.88 Å². The Morgan fingerprint density at radius 1 is 1.25 bits per heavy atom. The van der Waals surface area contributed by atoms with Gasteiger partial charge in [0.2, 0.25) is 0 Å². The minimum absolute atomic E-state index is 0.0281. The number of benzene rings is 1. The second-order valence-corrected chi connectivity index (χ2v) is 5.72. The van der Waals surface area contributed by atoms with Crippen LogP contribution < -0.4 is 4.74 Å². The van der Waals surface area contributed by atoms with Crippen molar-refractivity contribution in [3.8, 4) is 5.75 Å². The van der Waals surface area contributed by atoms with Gasteiger partial charge in [-0.2, -0.15) is 0 Å². The highest BCUT2D eigenvalue weighted by Gasteiger charge is 2.35. The smallest absolute Gasteiger partial charge is 0.325 e. The third-order valence-electron chi connectivity index (χ3n) is 3.97. The summed E-state index contributed by atoms with van der Waals surface area (Å²) in [6.45, 7) is 2.03. The van der Waals surface area contributed by atoms with Crippen molar-refractivity contribution in [3.05, 3.63) is 36.0 Å².